The summed E-state index contributed by atoms with van der Waals surface area (Å²) in [4.78, 5) is 14.7. The third kappa shape index (κ3) is 4.15. The molecule has 3 aromatic heterocycles. The molecule has 0 spiro atoms. The first-order valence-corrected chi connectivity index (χ1v) is 14.5. The van der Waals surface area contributed by atoms with E-state index in [0.717, 1.165) is 27.5 Å². The summed E-state index contributed by atoms with van der Waals surface area (Å²) < 4.78 is 59.9. The number of benzene rings is 6. The lowest BCUT2D eigenvalue weighted by Crippen LogP contribution is -2.06. The van der Waals surface area contributed by atoms with Gasteiger partial charge in [0.1, 0.15) is 11.2 Å². The van der Waals surface area contributed by atoms with Crippen molar-refractivity contribution in [1.82, 2.24) is 19.5 Å². The predicted octanol–water partition coefficient (Wildman–Crippen LogP) is 9.74. The molecule has 0 saturated heterocycles. The number of aromatic nitrogens is 4. The Bertz CT molecular complexity index is 2930. The number of nitrogens with zero attached hydrogens (tertiary/aromatic N) is 5. The molecule has 9 rings (SSSR count). The molecule has 6 heteroatoms. The zero-order valence-corrected chi connectivity index (χ0v) is 24.0. The summed E-state index contributed by atoms with van der Waals surface area (Å²) in [6.07, 6.45) is 0. The average molecular weight is 596 g/mol. The summed E-state index contributed by atoms with van der Waals surface area (Å²) in [5, 5.41) is 11.5. The average Bonchev–Trinajstić information content (AvgIpc) is 3.73. The zero-order valence-electron chi connectivity index (χ0n) is 30.0. The summed E-state index contributed by atoms with van der Waals surface area (Å²) in [5.41, 5.74) is 5.22. The second-order valence-electron chi connectivity index (χ2n) is 10.8. The van der Waals surface area contributed by atoms with E-state index in [-0.39, 0.29) is 75.7 Å². The van der Waals surface area contributed by atoms with Crippen LogP contribution >= 0.6 is 0 Å². The summed E-state index contributed by atoms with van der Waals surface area (Å²) in [7, 11) is 0. The van der Waals surface area contributed by atoms with Gasteiger partial charge in [-0.05, 0) is 53.5 Å². The number of para-hydroxylation sites is 3. The highest BCUT2D eigenvalue weighted by Gasteiger charge is 2.18. The van der Waals surface area contributed by atoms with Gasteiger partial charge in [-0.15, -0.1) is 0 Å². The van der Waals surface area contributed by atoms with Crippen molar-refractivity contribution in [3.63, 3.8) is 0 Å². The lowest BCUT2D eigenvalue weighted by molar-refractivity contribution is 0.669. The van der Waals surface area contributed by atoms with Crippen LogP contribution in [0.4, 0.5) is 0 Å². The van der Waals surface area contributed by atoms with Gasteiger partial charge in [0.25, 0.3) is 0 Å². The van der Waals surface area contributed by atoms with Gasteiger partial charge in [-0.1, -0.05) is 97.0 Å². The van der Waals surface area contributed by atoms with E-state index in [2.05, 4.69) is 6.07 Å². The second kappa shape index (κ2) is 10.3. The molecule has 3 heterocycles. The molecule has 6 nitrogen and oxygen atoms in total. The molecule has 0 bridgehead atoms. The molecule has 0 aliphatic carbocycles. The highest BCUT2D eigenvalue weighted by Crippen LogP contribution is 2.34. The summed E-state index contributed by atoms with van der Waals surface area (Å²) >= 11 is 0. The minimum atomic E-state index is -0.228. The van der Waals surface area contributed by atoms with Crippen molar-refractivity contribution in [2.24, 2.45) is 0 Å². The Kier molecular flexibility index (Phi) is 4.55. The molecular formula is C40H23N5O. The van der Waals surface area contributed by atoms with Crippen LogP contribution in [-0.2, 0) is 0 Å². The molecule has 6 aromatic carbocycles. The molecule has 46 heavy (non-hydrogen) atoms. The van der Waals surface area contributed by atoms with Crippen LogP contribution in [0.2, 0.25) is 0 Å². The predicted molar refractivity (Wildman–Crippen MR) is 182 cm³/mol. The number of rotatable bonds is 4. The highest BCUT2D eigenvalue weighted by atomic mass is 16.3. The largest absolute Gasteiger partial charge is 0.456 e. The summed E-state index contributed by atoms with van der Waals surface area (Å²) in [6, 6.07) is 31.8. The molecule has 214 valence electrons. The summed E-state index contributed by atoms with van der Waals surface area (Å²) in [5.74, 6) is 0.584. The van der Waals surface area contributed by atoms with Gasteiger partial charge in [-0.2, -0.15) is 15.2 Å². The van der Waals surface area contributed by atoms with Gasteiger partial charge in [-0.25, -0.2) is 4.98 Å². The van der Waals surface area contributed by atoms with Crippen molar-refractivity contribution < 1.29 is 12.6 Å². The van der Waals surface area contributed by atoms with E-state index >= 15 is 0 Å². The van der Waals surface area contributed by atoms with Crippen LogP contribution in [-0.4, -0.2) is 19.5 Å². The molecule has 0 aliphatic heterocycles. The van der Waals surface area contributed by atoms with Gasteiger partial charge in [0.15, 0.2) is 11.6 Å². The third-order valence-corrected chi connectivity index (χ3v) is 8.06. The topological polar surface area (TPSA) is 80.5 Å². The minimum absolute atomic E-state index is 0.0340. The first-order chi connectivity index (χ1) is 25.2. The first kappa shape index (κ1) is 20.4. The van der Waals surface area contributed by atoms with Crippen LogP contribution in [0.3, 0.4) is 0 Å². The Morgan fingerprint density at radius 3 is 2.00 bits per heavy atom. The van der Waals surface area contributed by atoms with E-state index in [4.69, 9.17) is 27.6 Å². The Balaban J connectivity index is 1.32. The van der Waals surface area contributed by atoms with Gasteiger partial charge < -0.3 is 4.42 Å². The molecule has 0 amide bonds. The number of furan rings is 1. The van der Waals surface area contributed by atoms with E-state index in [0.29, 0.717) is 22.3 Å². The molecule has 0 aliphatic rings. The van der Waals surface area contributed by atoms with Crippen molar-refractivity contribution in [1.29, 1.82) is 5.26 Å². The minimum Gasteiger partial charge on any atom is -0.456 e. The Labute approximate surface area is 271 Å². The van der Waals surface area contributed by atoms with Crippen LogP contribution < -0.4 is 0 Å². The fourth-order valence-corrected chi connectivity index (χ4v) is 5.88. The highest BCUT2D eigenvalue weighted by molar-refractivity contribution is 6.09. The Morgan fingerprint density at radius 2 is 1.24 bits per heavy atom. The number of nitriles is 1. The van der Waals surface area contributed by atoms with E-state index in [9.17, 15) is 5.26 Å². The molecule has 9 aromatic rings. The number of hydrogen-bond donors (Lipinski definition) is 0. The normalized spacial score (nSPS) is 13.3. The van der Waals surface area contributed by atoms with Crippen molar-refractivity contribution in [3.05, 3.63) is 145 Å². The van der Waals surface area contributed by atoms with Crippen LogP contribution in [0.15, 0.2) is 144 Å². The molecule has 0 fully saturated rings. The van der Waals surface area contributed by atoms with E-state index in [1.54, 1.807) is 6.07 Å². The Morgan fingerprint density at radius 1 is 0.565 bits per heavy atom. The molecule has 0 N–H and O–H groups in total. The maximum Gasteiger partial charge on any atom is 0.238 e. The van der Waals surface area contributed by atoms with E-state index in [1.165, 1.54) is 16.7 Å². The van der Waals surface area contributed by atoms with Crippen molar-refractivity contribution in [2.75, 3.05) is 0 Å². The SMILES string of the molecule is [2H]c1cc([2H])c2c(c1[2H])c1c([2H])c([2H])cc([2H])c1n2-c1nc(-c2ccc(-c3cccc(C#N)c3)cc2)nc(-c2ccc3c(c2)oc2ccccc23)n1. The van der Waals surface area contributed by atoms with Crippen LogP contribution in [0.1, 0.15) is 13.8 Å². The van der Waals surface area contributed by atoms with Crippen LogP contribution in [0.5, 0.6) is 0 Å². The fraction of sp³-hybridized carbons (Fsp3) is 0. The smallest absolute Gasteiger partial charge is 0.238 e. The second-order valence-corrected chi connectivity index (χ2v) is 10.8. The number of hydrogen-bond acceptors (Lipinski definition) is 5. The lowest BCUT2D eigenvalue weighted by atomic mass is 10.0. The van der Waals surface area contributed by atoms with Gasteiger partial charge in [0.05, 0.1) is 30.9 Å². The van der Waals surface area contributed by atoms with Gasteiger partial charge in [0.2, 0.25) is 5.95 Å². The summed E-state index contributed by atoms with van der Waals surface area (Å²) in [6.45, 7) is 0. The van der Waals surface area contributed by atoms with Crippen LogP contribution in [0, 0.1) is 11.3 Å². The standard InChI is InChI=1S/C40H23N5O/c41-24-25-8-7-9-28(22-25)26-16-18-27(19-17-26)38-42-39(29-20-21-33-32-12-3-6-15-36(32)46-37(33)23-29)44-40(43-38)45-34-13-4-1-10-30(34)31-11-2-5-14-35(31)45/h1-23H/i1D,2D,10D,11D,13D,14D. The fourth-order valence-electron chi connectivity index (χ4n) is 5.88. The van der Waals surface area contributed by atoms with Crippen LogP contribution in [0.25, 0.3) is 83.6 Å². The molecule has 0 saturated carbocycles. The molecule has 0 unspecified atom stereocenters. The maximum absolute atomic E-state index is 9.40. The zero-order chi connectivity index (χ0) is 35.8. The lowest BCUT2D eigenvalue weighted by Gasteiger charge is -2.11. The van der Waals surface area contributed by atoms with E-state index < -0.39 is 0 Å². The van der Waals surface area contributed by atoms with Gasteiger partial charge >= 0.3 is 0 Å². The maximum atomic E-state index is 9.40. The van der Waals surface area contributed by atoms with Gasteiger partial charge in [-0.3, -0.25) is 4.57 Å². The Hall–Kier alpha value is -6.58. The van der Waals surface area contributed by atoms with Crippen molar-refractivity contribution >= 4 is 43.7 Å². The quantitative estimate of drug-likeness (QED) is 0.202. The van der Waals surface area contributed by atoms with E-state index in [1.807, 2.05) is 84.9 Å². The van der Waals surface area contributed by atoms with Crippen molar-refractivity contribution in [2.45, 2.75) is 0 Å². The van der Waals surface area contributed by atoms with Gasteiger partial charge in [0, 0.05) is 32.7 Å². The molecule has 0 radical (unpaired) electrons. The number of fused-ring (bicyclic) bond motifs is 6. The molecule has 0 atom stereocenters. The third-order valence-electron chi connectivity index (χ3n) is 8.06. The monoisotopic (exact) mass is 595 g/mol. The first-order valence-electron chi connectivity index (χ1n) is 17.5. The van der Waals surface area contributed by atoms with Crippen molar-refractivity contribution in [3.8, 4) is 45.9 Å². The molecular weight excluding hydrogens is 566 g/mol.